The third-order valence-electron chi connectivity index (χ3n) is 4.64. The molecule has 0 unspecified atom stereocenters. The summed E-state index contributed by atoms with van der Waals surface area (Å²) in [7, 11) is 0. The predicted molar refractivity (Wildman–Crippen MR) is 111 cm³/mol. The summed E-state index contributed by atoms with van der Waals surface area (Å²) in [4.78, 5) is 13.5. The Bertz CT molecular complexity index is 1140. The summed E-state index contributed by atoms with van der Waals surface area (Å²) in [5.41, 5.74) is 3.56. The van der Waals surface area contributed by atoms with Crippen LogP contribution in [0.25, 0.3) is 16.9 Å². The van der Waals surface area contributed by atoms with Gasteiger partial charge in [0.2, 0.25) is 6.41 Å². The van der Waals surface area contributed by atoms with Crippen molar-refractivity contribution in [3.05, 3.63) is 90.6 Å². The molecule has 3 aromatic carbocycles. The minimum absolute atomic E-state index is 0.0206. The zero-order valence-electron chi connectivity index (χ0n) is 15.5. The maximum absolute atomic E-state index is 11.9. The van der Waals surface area contributed by atoms with Gasteiger partial charge in [0.25, 0.3) is 0 Å². The van der Waals surface area contributed by atoms with Crippen molar-refractivity contribution in [1.29, 1.82) is 0 Å². The van der Waals surface area contributed by atoms with Gasteiger partial charge in [-0.15, -0.1) is 0 Å². The van der Waals surface area contributed by atoms with Crippen LogP contribution in [0.5, 0.6) is 11.5 Å². The first kappa shape index (κ1) is 18.3. The molecule has 0 aliphatic carbocycles. The number of anilines is 1. The number of hydrogen-bond acceptors (Lipinski definition) is 4. The average molecular weight is 385 g/mol. The zero-order valence-corrected chi connectivity index (χ0v) is 15.5. The average Bonchev–Trinajstić information content (AvgIpc) is 3.22. The number of amides is 1. The first-order chi connectivity index (χ1) is 14.2. The Balaban J connectivity index is 1.78. The number of aromatic nitrogens is 2. The van der Waals surface area contributed by atoms with Crippen LogP contribution in [-0.2, 0) is 11.3 Å². The Morgan fingerprint density at radius 3 is 2.45 bits per heavy atom. The van der Waals surface area contributed by atoms with Crippen LogP contribution in [0.1, 0.15) is 5.56 Å². The zero-order chi connectivity index (χ0) is 20.2. The lowest BCUT2D eigenvalue weighted by atomic mass is 10.1. The summed E-state index contributed by atoms with van der Waals surface area (Å²) in [6.07, 6.45) is 2.42. The van der Waals surface area contributed by atoms with Gasteiger partial charge in [0, 0.05) is 11.6 Å². The molecule has 144 valence electrons. The number of rotatable bonds is 6. The summed E-state index contributed by atoms with van der Waals surface area (Å²) >= 11 is 0. The summed E-state index contributed by atoms with van der Waals surface area (Å²) in [5, 5.41) is 24.3. The van der Waals surface area contributed by atoms with Crippen molar-refractivity contribution >= 4 is 12.1 Å². The maximum atomic E-state index is 11.9. The van der Waals surface area contributed by atoms with E-state index in [1.165, 1.54) is 12.1 Å². The molecule has 2 N–H and O–H groups in total. The van der Waals surface area contributed by atoms with Gasteiger partial charge in [-0.25, -0.2) is 4.68 Å². The second-order valence-corrected chi connectivity index (χ2v) is 6.54. The summed E-state index contributed by atoms with van der Waals surface area (Å²) in [5.74, 6) is -0.0755. The van der Waals surface area contributed by atoms with E-state index in [0.29, 0.717) is 29.2 Å². The monoisotopic (exact) mass is 385 g/mol. The number of benzene rings is 3. The van der Waals surface area contributed by atoms with E-state index >= 15 is 0 Å². The number of carbonyl (C=O) groups excluding carboxylic acids is 1. The molecule has 4 aromatic rings. The number of phenolic OH excluding ortho intramolecular Hbond substituents is 2. The molecular weight excluding hydrogens is 366 g/mol. The van der Waals surface area contributed by atoms with Crippen LogP contribution in [0.4, 0.5) is 5.69 Å². The van der Waals surface area contributed by atoms with Gasteiger partial charge in [0.1, 0.15) is 11.5 Å². The topological polar surface area (TPSA) is 78.6 Å². The minimum Gasteiger partial charge on any atom is -0.508 e. The lowest BCUT2D eigenvalue weighted by molar-refractivity contribution is -0.107. The smallest absolute Gasteiger partial charge is 0.214 e. The van der Waals surface area contributed by atoms with Crippen molar-refractivity contribution in [2.75, 3.05) is 4.90 Å². The van der Waals surface area contributed by atoms with Gasteiger partial charge in [0.05, 0.1) is 29.8 Å². The van der Waals surface area contributed by atoms with E-state index in [4.69, 9.17) is 0 Å². The van der Waals surface area contributed by atoms with Gasteiger partial charge >= 0.3 is 0 Å². The lowest BCUT2D eigenvalue weighted by Gasteiger charge is -2.22. The molecule has 29 heavy (non-hydrogen) atoms. The molecule has 1 amide bonds. The molecule has 0 fully saturated rings. The molecule has 0 aliphatic rings. The van der Waals surface area contributed by atoms with Crippen molar-refractivity contribution < 1.29 is 15.0 Å². The Kier molecular flexibility index (Phi) is 4.99. The van der Waals surface area contributed by atoms with E-state index in [1.54, 1.807) is 27.9 Å². The summed E-state index contributed by atoms with van der Waals surface area (Å²) < 4.78 is 1.67. The number of hydrogen-bond donors (Lipinski definition) is 2. The normalized spacial score (nSPS) is 10.6. The molecule has 0 radical (unpaired) electrons. The fourth-order valence-corrected chi connectivity index (χ4v) is 3.28. The molecule has 0 atom stereocenters. The van der Waals surface area contributed by atoms with E-state index in [2.05, 4.69) is 5.10 Å². The molecular formula is C23H19N3O3. The van der Waals surface area contributed by atoms with Crippen molar-refractivity contribution in [3.63, 3.8) is 0 Å². The largest absolute Gasteiger partial charge is 0.508 e. The highest BCUT2D eigenvalue weighted by atomic mass is 16.3. The van der Waals surface area contributed by atoms with Crippen LogP contribution in [0.2, 0.25) is 0 Å². The predicted octanol–water partition coefficient (Wildman–Crippen LogP) is 4.11. The van der Waals surface area contributed by atoms with Crippen LogP contribution in [0, 0.1) is 0 Å². The molecule has 6 heteroatoms. The van der Waals surface area contributed by atoms with Crippen LogP contribution in [0.15, 0.2) is 85.1 Å². The fourth-order valence-electron chi connectivity index (χ4n) is 3.28. The molecule has 0 spiro atoms. The summed E-state index contributed by atoms with van der Waals surface area (Å²) in [6, 6.07) is 23.4. The van der Waals surface area contributed by atoms with Gasteiger partial charge in [-0.05, 0) is 35.9 Å². The van der Waals surface area contributed by atoms with Gasteiger partial charge < -0.3 is 15.1 Å². The second kappa shape index (κ2) is 7.90. The molecule has 6 nitrogen and oxygen atoms in total. The molecule has 0 bridgehead atoms. The molecule has 0 saturated carbocycles. The van der Waals surface area contributed by atoms with Crippen molar-refractivity contribution in [1.82, 2.24) is 9.78 Å². The van der Waals surface area contributed by atoms with Crippen LogP contribution in [-0.4, -0.2) is 26.4 Å². The number of aromatic hydroxyl groups is 2. The fraction of sp³-hybridized carbons (Fsp3) is 0.0435. The third-order valence-corrected chi connectivity index (χ3v) is 4.64. The Morgan fingerprint density at radius 2 is 1.69 bits per heavy atom. The Morgan fingerprint density at radius 1 is 0.931 bits per heavy atom. The first-order valence-electron chi connectivity index (χ1n) is 9.09. The number of nitrogens with zero attached hydrogens (tertiary/aromatic N) is 3. The number of phenols is 2. The van der Waals surface area contributed by atoms with Crippen LogP contribution >= 0.6 is 0 Å². The molecule has 0 aliphatic heterocycles. The molecule has 4 rings (SSSR count). The van der Waals surface area contributed by atoms with Gasteiger partial charge in [-0.3, -0.25) is 4.79 Å². The van der Waals surface area contributed by atoms with E-state index in [9.17, 15) is 15.0 Å². The lowest BCUT2D eigenvalue weighted by Crippen LogP contribution is -2.22. The molecule has 0 saturated heterocycles. The Labute approximate surface area is 167 Å². The van der Waals surface area contributed by atoms with E-state index in [1.807, 2.05) is 54.6 Å². The SMILES string of the molecule is O=CN(Cc1ccccc1)c1ccccc1-n1nccc1-c1ccc(O)cc1O. The van der Waals surface area contributed by atoms with Gasteiger partial charge in [0.15, 0.2) is 0 Å². The quantitative estimate of drug-likeness (QED) is 0.490. The molecule has 1 aromatic heterocycles. The minimum atomic E-state index is -0.0549. The van der Waals surface area contributed by atoms with Crippen LogP contribution in [0.3, 0.4) is 0 Å². The highest BCUT2D eigenvalue weighted by Gasteiger charge is 2.17. The van der Waals surface area contributed by atoms with Crippen molar-refractivity contribution in [2.45, 2.75) is 6.54 Å². The first-order valence-corrected chi connectivity index (χ1v) is 9.09. The summed E-state index contributed by atoms with van der Waals surface area (Å²) in [6.45, 7) is 0.419. The van der Waals surface area contributed by atoms with Gasteiger partial charge in [-0.2, -0.15) is 5.10 Å². The van der Waals surface area contributed by atoms with E-state index in [0.717, 1.165) is 12.0 Å². The second-order valence-electron chi connectivity index (χ2n) is 6.54. The Hall–Kier alpha value is -4.06. The van der Waals surface area contributed by atoms with Gasteiger partial charge in [-0.1, -0.05) is 42.5 Å². The van der Waals surface area contributed by atoms with E-state index < -0.39 is 0 Å². The van der Waals surface area contributed by atoms with Crippen molar-refractivity contribution in [3.8, 4) is 28.4 Å². The number of para-hydroxylation sites is 2. The standard InChI is InChI=1S/C23H19N3O3/c27-16-25(15-17-6-2-1-3-7-17)21-8-4-5-9-22(21)26-20(12-13-24-26)19-11-10-18(28)14-23(19)29/h1-14,16,28-29H,15H2. The van der Waals surface area contributed by atoms with Crippen LogP contribution < -0.4 is 4.90 Å². The number of carbonyl (C=O) groups is 1. The highest BCUT2D eigenvalue weighted by molar-refractivity contribution is 5.81. The highest BCUT2D eigenvalue weighted by Crippen LogP contribution is 2.35. The maximum Gasteiger partial charge on any atom is 0.214 e. The molecule has 1 heterocycles. The van der Waals surface area contributed by atoms with Crippen molar-refractivity contribution in [2.24, 2.45) is 0 Å². The third kappa shape index (κ3) is 3.68. The van der Waals surface area contributed by atoms with E-state index in [-0.39, 0.29) is 11.5 Å².